The van der Waals surface area contributed by atoms with Crippen LogP contribution in [-0.2, 0) is 16.7 Å². The maximum atomic E-state index is 5.59. The van der Waals surface area contributed by atoms with Crippen LogP contribution in [0.25, 0.3) is 0 Å². The zero-order chi connectivity index (χ0) is 18.0. The number of rotatable bonds is 9. The van der Waals surface area contributed by atoms with Gasteiger partial charge in [0.25, 0.3) is 0 Å². The maximum absolute atomic E-state index is 5.59. The highest BCUT2D eigenvalue weighted by Crippen LogP contribution is 2.24. The number of guanidine groups is 1. The predicted molar refractivity (Wildman–Crippen MR) is 104 cm³/mol. The summed E-state index contributed by atoms with van der Waals surface area (Å²) in [6.45, 7) is 16.9. The third-order valence-electron chi connectivity index (χ3n) is 3.25. The molecule has 0 aliphatic heterocycles. The van der Waals surface area contributed by atoms with Crippen LogP contribution in [-0.4, -0.2) is 37.2 Å². The van der Waals surface area contributed by atoms with Crippen molar-refractivity contribution in [3.63, 3.8) is 0 Å². The van der Waals surface area contributed by atoms with Gasteiger partial charge in [-0.3, -0.25) is 0 Å². The van der Waals surface area contributed by atoms with Crippen molar-refractivity contribution < 1.29 is 4.74 Å². The van der Waals surface area contributed by atoms with Gasteiger partial charge in [0.1, 0.15) is 5.01 Å². The molecular weight excluding hydrogens is 320 g/mol. The Hall–Kier alpha value is -1.14. The molecule has 1 heterocycles. The Balaban J connectivity index is 2.40. The summed E-state index contributed by atoms with van der Waals surface area (Å²) in [7, 11) is 0. The van der Waals surface area contributed by atoms with Crippen LogP contribution in [0.3, 0.4) is 0 Å². The summed E-state index contributed by atoms with van der Waals surface area (Å²) in [6, 6.07) is 0. The van der Waals surface area contributed by atoms with E-state index in [4.69, 9.17) is 4.74 Å². The Morgan fingerprint density at radius 1 is 1.33 bits per heavy atom. The van der Waals surface area contributed by atoms with Gasteiger partial charge in [0.2, 0.25) is 0 Å². The quantitative estimate of drug-likeness (QED) is 0.404. The first-order chi connectivity index (χ1) is 11.3. The number of nitrogens with one attached hydrogen (secondary N) is 2. The number of thiazole rings is 1. The second kappa shape index (κ2) is 10.7. The minimum Gasteiger partial charge on any atom is -0.381 e. The largest absolute Gasteiger partial charge is 0.381 e. The van der Waals surface area contributed by atoms with Crippen molar-refractivity contribution in [1.82, 2.24) is 15.6 Å². The SMILES string of the molecule is CCNC(=NCc1nc(C(C)(C)C)cs1)NCCCOCC(C)C. The Labute approximate surface area is 151 Å². The Morgan fingerprint density at radius 3 is 2.67 bits per heavy atom. The van der Waals surface area contributed by atoms with Crippen molar-refractivity contribution in [1.29, 1.82) is 0 Å². The van der Waals surface area contributed by atoms with Crippen LogP contribution < -0.4 is 10.6 Å². The van der Waals surface area contributed by atoms with Crippen LogP contribution in [0.5, 0.6) is 0 Å². The van der Waals surface area contributed by atoms with Crippen molar-refractivity contribution in [3.8, 4) is 0 Å². The minimum absolute atomic E-state index is 0.0944. The topological polar surface area (TPSA) is 58.5 Å². The lowest BCUT2D eigenvalue weighted by molar-refractivity contribution is 0.108. The van der Waals surface area contributed by atoms with E-state index in [2.05, 4.69) is 67.5 Å². The van der Waals surface area contributed by atoms with E-state index in [0.717, 1.165) is 49.4 Å². The molecule has 0 unspecified atom stereocenters. The van der Waals surface area contributed by atoms with Crippen molar-refractivity contribution in [2.24, 2.45) is 10.9 Å². The molecule has 0 saturated carbocycles. The third kappa shape index (κ3) is 8.64. The molecule has 24 heavy (non-hydrogen) atoms. The average molecular weight is 355 g/mol. The van der Waals surface area contributed by atoms with Gasteiger partial charge in [-0.2, -0.15) is 0 Å². The highest BCUT2D eigenvalue weighted by atomic mass is 32.1. The smallest absolute Gasteiger partial charge is 0.191 e. The van der Waals surface area contributed by atoms with Gasteiger partial charge in [0.15, 0.2) is 5.96 Å². The van der Waals surface area contributed by atoms with Gasteiger partial charge in [0, 0.05) is 37.1 Å². The summed E-state index contributed by atoms with van der Waals surface area (Å²) < 4.78 is 5.59. The first-order valence-corrected chi connectivity index (χ1v) is 9.75. The van der Waals surface area contributed by atoms with Crippen LogP contribution in [0, 0.1) is 5.92 Å². The van der Waals surface area contributed by atoms with Crippen molar-refractivity contribution >= 4 is 17.3 Å². The van der Waals surface area contributed by atoms with Gasteiger partial charge in [-0.15, -0.1) is 11.3 Å². The zero-order valence-corrected chi connectivity index (χ0v) is 16.9. The van der Waals surface area contributed by atoms with Gasteiger partial charge in [-0.25, -0.2) is 9.98 Å². The predicted octanol–water partition coefficient (Wildman–Crippen LogP) is 3.56. The fourth-order valence-corrected chi connectivity index (χ4v) is 2.86. The van der Waals surface area contributed by atoms with Gasteiger partial charge in [-0.05, 0) is 19.3 Å². The van der Waals surface area contributed by atoms with E-state index in [1.165, 1.54) is 0 Å². The van der Waals surface area contributed by atoms with Crippen molar-refractivity contribution in [2.75, 3.05) is 26.3 Å². The first-order valence-electron chi connectivity index (χ1n) is 8.87. The summed E-state index contributed by atoms with van der Waals surface area (Å²) in [5, 5.41) is 9.82. The lowest BCUT2D eigenvalue weighted by Crippen LogP contribution is -2.38. The highest BCUT2D eigenvalue weighted by Gasteiger charge is 2.17. The van der Waals surface area contributed by atoms with Crippen LogP contribution in [0.15, 0.2) is 10.4 Å². The molecule has 0 aromatic carbocycles. The molecule has 138 valence electrons. The van der Waals surface area contributed by atoms with Crippen LogP contribution in [0.2, 0.25) is 0 Å². The molecule has 0 aliphatic carbocycles. The molecule has 2 N–H and O–H groups in total. The standard InChI is InChI=1S/C18H34N4OS/c1-7-19-17(20-9-8-10-23-12-14(2)3)21-11-16-22-15(13-24-16)18(4,5)6/h13-14H,7-12H2,1-6H3,(H2,19,20,21). The van der Waals surface area contributed by atoms with Gasteiger partial charge < -0.3 is 15.4 Å². The van der Waals surface area contributed by atoms with Crippen LogP contribution in [0.1, 0.15) is 58.7 Å². The molecule has 0 fully saturated rings. The molecular formula is C18H34N4OS. The Bertz CT molecular complexity index is 491. The van der Waals surface area contributed by atoms with Gasteiger partial charge in [-0.1, -0.05) is 34.6 Å². The fourth-order valence-electron chi connectivity index (χ4n) is 1.92. The minimum atomic E-state index is 0.0944. The number of aromatic nitrogens is 1. The number of aliphatic imine (C=N–C) groups is 1. The lowest BCUT2D eigenvalue weighted by atomic mass is 9.93. The maximum Gasteiger partial charge on any atom is 0.191 e. The van der Waals surface area contributed by atoms with E-state index < -0.39 is 0 Å². The molecule has 0 spiro atoms. The first kappa shape index (κ1) is 20.9. The van der Waals surface area contributed by atoms with E-state index >= 15 is 0 Å². The molecule has 0 saturated heterocycles. The molecule has 6 heteroatoms. The van der Waals surface area contributed by atoms with E-state index in [0.29, 0.717) is 12.5 Å². The van der Waals surface area contributed by atoms with Gasteiger partial charge in [0.05, 0.1) is 12.2 Å². The molecule has 0 bridgehead atoms. The number of nitrogens with zero attached hydrogens (tertiary/aromatic N) is 2. The molecule has 1 rings (SSSR count). The molecule has 1 aromatic heterocycles. The summed E-state index contributed by atoms with van der Waals surface area (Å²) >= 11 is 1.68. The molecule has 5 nitrogen and oxygen atoms in total. The Kier molecular flexibility index (Phi) is 9.29. The van der Waals surface area contributed by atoms with E-state index in [-0.39, 0.29) is 5.41 Å². The van der Waals surface area contributed by atoms with E-state index in [1.54, 1.807) is 11.3 Å². The normalized spacial score (nSPS) is 12.7. The molecule has 0 radical (unpaired) electrons. The average Bonchev–Trinajstić information content (AvgIpc) is 2.97. The van der Waals surface area contributed by atoms with Crippen molar-refractivity contribution in [3.05, 3.63) is 16.1 Å². The summed E-state index contributed by atoms with van der Waals surface area (Å²) in [4.78, 5) is 9.31. The third-order valence-corrected chi connectivity index (χ3v) is 4.08. The van der Waals surface area contributed by atoms with E-state index in [1.807, 2.05) is 0 Å². The second-order valence-corrected chi connectivity index (χ2v) is 8.26. The number of hydrogen-bond donors (Lipinski definition) is 2. The van der Waals surface area contributed by atoms with E-state index in [9.17, 15) is 0 Å². The number of ether oxygens (including phenoxy) is 1. The fraction of sp³-hybridized carbons (Fsp3) is 0.778. The zero-order valence-electron chi connectivity index (χ0n) is 16.1. The monoisotopic (exact) mass is 354 g/mol. The van der Waals surface area contributed by atoms with Crippen LogP contribution >= 0.6 is 11.3 Å². The molecule has 0 atom stereocenters. The summed E-state index contributed by atoms with van der Waals surface area (Å²) in [5.74, 6) is 1.43. The Morgan fingerprint density at radius 2 is 2.08 bits per heavy atom. The molecule has 1 aromatic rings. The van der Waals surface area contributed by atoms with Gasteiger partial charge >= 0.3 is 0 Å². The molecule has 0 amide bonds. The highest BCUT2D eigenvalue weighted by molar-refractivity contribution is 7.09. The van der Waals surface area contributed by atoms with Crippen LogP contribution in [0.4, 0.5) is 0 Å². The molecule has 0 aliphatic rings. The van der Waals surface area contributed by atoms with Crippen molar-refractivity contribution in [2.45, 2.75) is 59.9 Å². The second-order valence-electron chi connectivity index (χ2n) is 7.32. The summed E-state index contributed by atoms with van der Waals surface area (Å²) in [6.07, 6.45) is 0.975. The lowest BCUT2D eigenvalue weighted by Gasteiger charge is -2.14. The summed E-state index contributed by atoms with van der Waals surface area (Å²) in [5.41, 5.74) is 1.23. The number of hydrogen-bond acceptors (Lipinski definition) is 4.